The first-order valence-corrected chi connectivity index (χ1v) is 12.5. The van der Waals surface area contributed by atoms with Crippen LogP contribution >= 0.6 is 0 Å². The summed E-state index contributed by atoms with van der Waals surface area (Å²) in [5.74, 6) is -3.35. The molecular weight excluding hydrogens is 440 g/mol. The van der Waals surface area contributed by atoms with Gasteiger partial charge in [0, 0.05) is 18.9 Å². The first kappa shape index (κ1) is 29.4. The summed E-state index contributed by atoms with van der Waals surface area (Å²) in [6.07, 6.45) is 7.98. The van der Waals surface area contributed by atoms with Gasteiger partial charge in [-0.15, -0.1) is 0 Å². The molecule has 0 saturated carbocycles. The molecule has 2 unspecified atom stereocenters. The van der Waals surface area contributed by atoms with E-state index >= 15 is 0 Å². The van der Waals surface area contributed by atoms with Crippen LogP contribution in [0, 0.1) is 5.92 Å². The standard InChI is InChI=1S/C24H42N4O6/c1-4-5-6-7-8-9-10-11-17-14-19(29)25-15-20(30)27-18(12-13-21(31)32)23(33)28-22(16(2)3)24(34)26-17/h16-18,22H,4-15H2,1-3H3,(H,25,29)(H,26,34)(H,27,30)(H,28,33)(H,31,32)/t17?,18-,22?/m0/s1. The highest BCUT2D eigenvalue weighted by Crippen LogP contribution is 2.13. The molecule has 0 spiro atoms. The molecule has 0 aromatic rings. The molecule has 0 aromatic heterocycles. The lowest BCUT2D eigenvalue weighted by Crippen LogP contribution is -2.56. The number of carbonyl (C=O) groups is 5. The molecule has 1 aliphatic heterocycles. The molecule has 4 amide bonds. The summed E-state index contributed by atoms with van der Waals surface area (Å²) in [6.45, 7) is 5.41. The third kappa shape index (κ3) is 12.0. The van der Waals surface area contributed by atoms with Crippen molar-refractivity contribution in [1.82, 2.24) is 21.3 Å². The summed E-state index contributed by atoms with van der Waals surface area (Å²) in [7, 11) is 0. The average Bonchev–Trinajstić information content (AvgIpc) is 2.77. The Balaban J connectivity index is 2.89. The van der Waals surface area contributed by atoms with Crippen LogP contribution in [0.25, 0.3) is 0 Å². The number of rotatable bonds is 12. The number of carboxylic acid groups (broad SMARTS) is 1. The molecular formula is C24H42N4O6. The summed E-state index contributed by atoms with van der Waals surface area (Å²) >= 11 is 0. The third-order valence-corrected chi connectivity index (χ3v) is 5.93. The van der Waals surface area contributed by atoms with Crippen molar-refractivity contribution >= 4 is 29.6 Å². The van der Waals surface area contributed by atoms with E-state index in [9.17, 15) is 24.0 Å². The van der Waals surface area contributed by atoms with Gasteiger partial charge in [-0.1, -0.05) is 65.7 Å². The molecule has 194 valence electrons. The number of carboxylic acids is 1. The Hall–Kier alpha value is -2.65. The topological polar surface area (TPSA) is 154 Å². The van der Waals surface area contributed by atoms with Gasteiger partial charge in [0.15, 0.2) is 0 Å². The minimum absolute atomic E-state index is 0.0378. The van der Waals surface area contributed by atoms with Crippen LogP contribution in [0.2, 0.25) is 0 Å². The van der Waals surface area contributed by atoms with Crippen LogP contribution in [-0.4, -0.2) is 59.4 Å². The highest BCUT2D eigenvalue weighted by Gasteiger charge is 2.31. The molecule has 1 fully saturated rings. The molecule has 1 heterocycles. The molecule has 0 bridgehead atoms. The Morgan fingerprint density at radius 3 is 2.15 bits per heavy atom. The normalized spacial score (nSPS) is 22.5. The van der Waals surface area contributed by atoms with Crippen LogP contribution in [0.3, 0.4) is 0 Å². The van der Waals surface area contributed by atoms with Crippen molar-refractivity contribution in [2.45, 2.75) is 110 Å². The van der Waals surface area contributed by atoms with Gasteiger partial charge in [-0.25, -0.2) is 0 Å². The van der Waals surface area contributed by atoms with Gasteiger partial charge in [-0.3, -0.25) is 24.0 Å². The molecule has 3 atom stereocenters. The van der Waals surface area contributed by atoms with E-state index in [-0.39, 0.29) is 37.6 Å². The van der Waals surface area contributed by atoms with Crippen molar-refractivity contribution in [2.75, 3.05) is 6.54 Å². The zero-order chi connectivity index (χ0) is 25.5. The predicted molar refractivity (Wildman–Crippen MR) is 128 cm³/mol. The summed E-state index contributed by atoms with van der Waals surface area (Å²) in [6, 6.07) is -2.41. The first-order chi connectivity index (χ1) is 16.1. The van der Waals surface area contributed by atoms with Gasteiger partial charge in [-0.05, 0) is 18.8 Å². The molecule has 10 nitrogen and oxygen atoms in total. The van der Waals surface area contributed by atoms with E-state index < -0.39 is 41.8 Å². The van der Waals surface area contributed by atoms with Gasteiger partial charge < -0.3 is 26.4 Å². The predicted octanol–water partition coefficient (Wildman–Crippen LogP) is 1.62. The minimum Gasteiger partial charge on any atom is -0.481 e. The van der Waals surface area contributed by atoms with Gasteiger partial charge in [0.25, 0.3) is 0 Å². The van der Waals surface area contributed by atoms with Crippen molar-refractivity contribution in [3.63, 3.8) is 0 Å². The van der Waals surface area contributed by atoms with Crippen LogP contribution in [0.5, 0.6) is 0 Å². The van der Waals surface area contributed by atoms with Crippen LogP contribution < -0.4 is 21.3 Å². The lowest BCUT2D eigenvalue weighted by Gasteiger charge is -2.27. The Kier molecular flexibility index (Phi) is 13.9. The fourth-order valence-electron chi connectivity index (χ4n) is 3.91. The summed E-state index contributed by atoms with van der Waals surface area (Å²) in [5.41, 5.74) is 0. The molecule has 0 aromatic carbocycles. The van der Waals surface area contributed by atoms with Crippen molar-refractivity contribution < 1.29 is 29.1 Å². The molecule has 0 aliphatic carbocycles. The van der Waals surface area contributed by atoms with Crippen molar-refractivity contribution in [2.24, 2.45) is 5.92 Å². The second-order valence-corrected chi connectivity index (χ2v) is 9.38. The highest BCUT2D eigenvalue weighted by molar-refractivity contribution is 5.94. The van der Waals surface area contributed by atoms with E-state index in [4.69, 9.17) is 5.11 Å². The van der Waals surface area contributed by atoms with Crippen molar-refractivity contribution in [3.8, 4) is 0 Å². The zero-order valence-corrected chi connectivity index (χ0v) is 20.8. The molecule has 5 N–H and O–H groups in total. The average molecular weight is 483 g/mol. The summed E-state index contributed by atoms with van der Waals surface area (Å²) in [4.78, 5) is 61.5. The van der Waals surface area contributed by atoms with Crippen LogP contribution in [0.15, 0.2) is 0 Å². The molecule has 10 heteroatoms. The fourth-order valence-corrected chi connectivity index (χ4v) is 3.91. The van der Waals surface area contributed by atoms with Gasteiger partial charge in [0.2, 0.25) is 23.6 Å². The lowest BCUT2D eigenvalue weighted by molar-refractivity contribution is -0.138. The van der Waals surface area contributed by atoms with E-state index in [1.807, 2.05) is 0 Å². The highest BCUT2D eigenvalue weighted by atomic mass is 16.4. The number of amides is 4. The molecule has 34 heavy (non-hydrogen) atoms. The largest absolute Gasteiger partial charge is 0.481 e. The van der Waals surface area contributed by atoms with Crippen LogP contribution in [0.1, 0.15) is 91.4 Å². The van der Waals surface area contributed by atoms with E-state index in [1.165, 1.54) is 25.7 Å². The summed E-state index contributed by atoms with van der Waals surface area (Å²) in [5, 5.41) is 19.5. The number of hydrogen-bond donors (Lipinski definition) is 5. The second kappa shape index (κ2) is 16.1. The van der Waals surface area contributed by atoms with Gasteiger partial charge in [0.05, 0.1) is 6.54 Å². The van der Waals surface area contributed by atoms with E-state index in [0.717, 1.165) is 19.3 Å². The van der Waals surface area contributed by atoms with Crippen molar-refractivity contribution in [3.05, 3.63) is 0 Å². The Bertz CT molecular complexity index is 697. The van der Waals surface area contributed by atoms with Gasteiger partial charge >= 0.3 is 5.97 Å². The number of hydrogen-bond acceptors (Lipinski definition) is 5. The maximum Gasteiger partial charge on any atom is 0.303 e. The van der Waals surface area contributed by atoms with Gasteiger partial charge in [0.1, 0.15) is 12.1 Å². The van der Waals surface area contributed by atoms with E-state index in [1.54, 1.807) is 13.8 Å². The van der Waals surface area contributed by atoms with Crippen LogP contribution in [0.4, 0.5) is 0 Å². The Morgan fingerprint density at radius 1 is 0.882 bits per heavy atom. The number of aliphatic carboxylic acids is 1. The van der Waals surface area contributed by atoms with E-state index in [0.29, 0.717) is 6.42 Å². The second-order valence-electron chi connectivity index (χ2n) is 9.38. The maximum absolute atomic E-state index is 13.0. The number of nitrogens with one attached hydrogen (secondary N) is 4. The van der Waals surface area contributed by atoms with Crippen LogP contribution in [-0.2, 0) is 24.0 Å². The van der Waals surface area contributed by atoms with Gasteiger partial charge in [-0.2, -0.15) is 0 Å². The summed E-state index contributed by atoms with van der Waals surface area (Å²) < 4.78 is 0. The third-order valence-electron chi connectivity index (χ3n) is 5.93. The monoisotopic (exact) mass is 482 g/mol. The zero-order valence-electron chi connectivity index (χ0n) is 20.8. The number of carbonyl (C=O) groups excluding carboxylic acids is 4. The Morgan fingerprint density at radius 2 is 1.53 bits per heavy atom. The molecule has 1 rings (SSSR count). The smallest absolute Gasteiger partial charge is 0.303 e. The quantitative estimate of drug-likeness (QED) is 0.266. The Labute approximate surface area is 202 Å². The maximum atomic E-state index is 13.0. The SMILES string of the molecule is CCCCCCCCCC1CC(=O)NCC(=O)N[C@@H](CCC(=O)O)C(=O)NC(C(C)C)C(=O)N1. The number of unbranched alkanes of at least 4 members (excludes halogenated alkanes) is 6. The molecule has 1 saturated heterocycles. The lowest BCUT2D eigenvalue weighted by atomic mass is 9.99. The fraction of sp³-hybridized carbons (Fsp3) is 0.792. The van der Waals surface area contributed by atoms with Crippen molar-refractivity contribution in [1.29, 1.82) is 0 Å². The minimum atomic E-state index is -1.13. The molecule has 1 aliphatic rings. The first-order valence-electron chi connectivity index (χ1n) is 12.5. The molecule has 0 radical (unpaired) electrons. The van der Waals surface area contributed by atoms with E-state index in [2.05, 4.69) is 28.2 Å².